The van der Waals surface area contributed by atoms with Gasteiger partial charge in [-0.1, -0.05) is 17.7 Å². The minimum absolute atomic E-state index is 0.505. The Bertz CT molecular complexity index is 602. The number of piperazine rings is 1. The fraction of sp³-hybridized carbons (Fsp3) is 0.471. The molecular weight excluding hydrogens is 310 g/mol. The Morgan fingerprint density at radius 3 is 3.09 bits per heavy atom. The number of nitrogens with zero attached hydrogens (tertiary/aromatic N) is 1. The van der Waals surface area contributed by atoms with Gasteiger partial charge in [-0.05, 0) is 24.6 Å². The van der Waals surface area contributed by atoms with E-state index in [1.54, 1.807) is 6.08 Å². The van der Waals surface area contributed by atoms with Gasteiger partial charge in [0.25, 0.3) is 0 Å². The van der Waals surface area contributed by atoms with Crippen LogP contribution in [0.15, 0.2) is 46.4 Å². The van der Waals surface area contributed by atoms with Gasteiger partial charge in [-0.2, -0.15) is 0 Å². The van der Waals surface area contributed by atoms with E-state index in [1.807, 2.05) is 12.3 Å². The van der Waals surface area contributed by atoms with Crippen LogP contribution in [0.25, 0.3) is 0 Å². The number of hydrogen-bond acceptors (Lipinski definition) is 5. The third-order valence-corrected chi connectivity index (χ3v) is 4.64. The van der Waals surface area contributed by atoms with Crippen molar-refractivity contribution in [1.29, 1.82) is 5.41 Å². The molecule has 1 fully saturated rings. The first-order valence-corrected chi connectivity index (χ1v) is 8.51. The first-order valence-electron chi connectivity index (χ1n) is 8.14. The fourth-order valence-electron chi connectivity index (χ4n) is 3.07. The molecule has 1 aliphatic carbocycles. The van der Waals surface area contributed by atoms with Gasteiger partial charge >= 0.3 is 0 Å². The smallest absolute Gasteiger partial charge is 0.0737 e. The van der Waals surface area contributed by atoms with Crippen molar-refractivity contribution in [3.63, 3.8) is 0 Å². The van der Waals surface area contributed by atoms with Gasteiger partial charge in [0.2, 0.25) is 0 Å². The highest BCUT2D eigenvalue weighted by atomic mass is 35.5. The zero-order chi connectivity index (χ0) is 16.2. The van der Waals surface area contributed by atoms with Crippen molar-refractivity contribution >= 4 is 17.3 Å². The van der Waals surface area contributed by atoms with Crippen LogP contribution in [0.3, 0.4) is 0 Å². The lowest BCUT2D eigenvalue weighted by molar-refractivity contribution is 0.256. The van der Waals surface area contributed by atoms with Crippen molar-refractivity contribution < 1.29 is 0 Å². The summed E-state index contributed by atoms with van der Waals surface area (Å²) in [5.74, 6) is 0. The molecule has 4 N–H and O–H groups in total. The maximum absolute atomic E-state index is 7.65. The van der Waals surface area contributed by atoms with E-state index in [2.05, 4.69) is 33.9 Å². The van der Waals surface area contributed by atoms with Crippen LogP contribution in [-0.2, 0) is 0 Å². The highest BCUT2D eigenvalue weighted by molar-refractivity contribution is 6.34. The molecule has 0 bridgehead atoms. The second kappa shape index (κ2) is 7.23. The average Bonchev–Trinajstić information content (AvgIpc) is 2.54. The molecule has 0 aromatic rings. The second-order valence-electron chi connectivity index (χ2n) is 6.16. The Kier molecular flexibility index (Phi) is 5.08. The van der Waals surface area contributed by atoms with Crippen molar-refractivity contribution in [1.82, 2.24) is 20.9 Å². The van der Waals surface area contributed by atoms with Gasteiger partial charge < -0.3 is 26.3 Å². The minimum Gasteiger partial charge on any atom is -0.386 e. The predicted octanol–water partition coefficient (Wildman–Crippen LogP) is 1.67. The van der Waals surface area contributed by atoms with Crippen molar-refractivity contribution in [2.75, 3.05) is 32.7 Å². The van der Waals surface area contributed by atoms with Gasteiger partial charge in [-0.25, -0.2) is 0 Å². The largest absolute Gasteiger partial charge is 0.386 e. The highest BCUT2D eigenvalue weighted by Gasteiger charge is 2.21. The number of dihydropyridines is 1. The SMILES string of the molecule is CC1CN(C2=CCNC=C2NCC2=CCC(=N)C=C2Cl)CCN1. The molecule has 124 valence electrons. The Morgan fingerprint density at radius 2 is 2.30 bits per heavy atom. The van der Waals surface area contributed by atoms with E-state index in [4.69, 9.17) is 17.0 Å². The summed E-state index contributed by atoms with van der Waals surface area (Å²) in [7, 11) is 0. The van der Waals surface area contributed by atoms with Crippen LogP contribution in [0.4, 0.5) is 0 Å². The van der Waals surface area contributed by atoms with Crippen LogP contribution < -0.4 is 16.0 Å². The van der Waals surface area contributed by atoms with Crippen molar-refractivity contribution in [2.24, 2.45) is 0 Å². The standard InChI is InChI=1S/C17H24ClN5/c1-12-11-23(7-6-21-12)17-4-5-20-10-16(17)22-9-13-2-3-14(19)8-15(13)18/h2,4,8,10,12,19-22H,3,5-7,9,11H2,1H3. The number of hydrogen-bond donors (Lipinski definition) is 4. The number of halogens is 1. The van der Waals surface area contributed by atoms with Gasteiger partial charge in [0.1, 0.15) is 0 Å². The molecule has 2 aliphatic heterocycles. The average molecular weight is 334 g/mol. The van der Waals surface area contributed by atoms with E-state index in [9.17, 15) is 0 Å². The molecule has 6 heteroatoms. The van der Waals surface area contributed by atoms with E-state index in [0.29, 0.717) is 29.8 Å². The molecule has 0 aromatic heterocycles. The van der Waals surface area contributed by atoms with E-state index in [-0.39, 0.29) is 0 Å². The van der Waals surface area contributed by atoms with E-state index in [0.717, 1.165) is 37.4 Å². The maximum Gasteiger partial charge on any atom is 0.0737 e. The zero-order valence-electron chi connectivity index (χ0n) is 13.5. The molecule has 3 aliphatic rings. The number of allylic oxidation sites excluding steroid dienone is 2. The fourth-order valence-corrected chi connectivity index (χ4v) is 3.35. The minimum atomic E-state index is 0.505. The Balaban J connectivity index is 1.64. The molecule has 1 saturated heterocycles. The Hall–Kier alpha value is -1.72. The van der Waals surface area contributed by atoms with Crippen LogP contribution in [-0.4, -0.2) is 49.4 Å². The summed E-state index contributed by atoms with van der Waals surface area (Å²) in [5, 5.41) is 18.6. The molecule has 23 heavy (non-hydrogen) atoms. The summed E-state index contributed by atoms with van der Waals surface area (Å²) in [6.45, 7) is 6.81. The molecule has 0 spiro atoms. The van der Waals surface area contributed by atoms with Gasteiger partial charge in [-0.3, -0.25) is 0 Å². The van der Waals surface area contributed by atoms with Crippen LogP contribution in [0, 0.1) is 5.41 Å². The van der Waals surface area contributed by atoms with Crippen LogP contribution >= 0.6 is 11.6 Å². The summed E-state index contributed by atoms with van der Waals surface area (Å²) < 4.78 is 0. The molecule has 2 heterocycles. The summed E-state index contributed by atoms with van der Waals surface area (Å²) in [5.41, 5.74) is 3.99. The number of rotatable bonds is 4. The molecule has 5 nitrogen and oxygen atoms in total. The van der Waals surface area contributed by atoms with Gasteiger partial charge in [-0.15, -0.1) is 0 Å². The Labute approximate surface area is 142 Å². The summed E-state index contributed by atoms with van der Waals surface area (Å²) in [4.78, 5) is 2.43. The quantitative estimate of drug-likeness (QED) is 0.632. The molecule has 0 radical (unpaired) electrons. The number of nitrogens with one attached hydrogen (secondary N) is 4. The van der Waals surface area contributed by atoms with Gasteiger partial charge in [0.05, 0.1) is 11.4 Å². The molecular formula is C17H24ClN5. The second-order valence-corrected chi connectivity index (χ2v) is 6.57. The summed E-state index contributed by atoms with van der Waals surface area (Å²) >= 11 is 6.24. The lowest BCUT2D eigenvalue weighted by Crippen LogP contribution is -2.50. The first-order chi connectivity index (χ1) is 11.1. The zero-order valence-corrected chi connectivity index (χ0v) is 14.2. The first kappa shape index (κ1) is 16.1. The van der Waals surface area contributed by atoms with Gasteiger partial charge in [0.15, 0.2) is 0 Å². The maximum atomic E-state index is 7.65. The molecule has 0 amide bonds. The van der Waals surface area contributed by atoms with Crippen LogP contribution in [0.5, 0.6) is 0 Å². The topological polar surface area (TPSA) is 63.2 Å². The van der Waals surface area contributed by atoms with E-state index in [1.165, 1.54) is 5.70 Å². The monoisotopic (exact) mass is 333 g/mol. The predicted molar refractivity (Wildman–Crippen MR) is 95.6 cm³/mol. The third-order valence-electron chi connectivity index (χ3n) is 4.29. The highest BCUT2D eigenvalue weighted by Crippen LogP contribution is 2.22. The normalized spacial score (nSPS) is 25.0. The molecule has 1 unspecified atom stereocenters. The van der Waals surface area contributed by atoms with Crippen LogP contribution in [0.1, 0.15) is 13.3 Å². The summed E-state index contributed by atoms with van der Waals surface area (Å²) in [6, 6.07) is 0.505. The van der Waals surface area contributed by atoms with E-state index < -0.39 is 0 Å². The molecule has 0 saturated carbocycles. The molecule has 3 rings (SSSR count). The van der Waals surface area contributed by atoms with Crippen molar-refractivity contribution in [2.45, 2.75) is 19.4 Å². The van der Waals surface area contributed by atoms with Gasteiger partial charge in [0, 0.05) is 62.1 Å². The molecule has 0 aromatic carbocycles. The van der Waals surface area contributed by atoms with E-state index >= 15 is 0 Å². The lowest BCUT2D eigenvalue weighted by atomic mass is 10.0. The van der Waals surface area contributed by atoms with Crippen molar-refractivity contribution in [3.8, 4) is 0 Å². The van der Waals surface area contributed by atoms with Crippen molar-refractivity contribution in [3.05, 3.63) is 46.4 Å². The van der Waals surface area contributed by atoms with Crippen LogP contribution in [0.2, 0.25) is 0 Å². The lowest BCUT2D eigenvalue weighted by Gasteiger charge is -2.37. The third kappa shape index (κ3) is 3.98. The Morgan fingerprint density at radius 1 is 1.43 bits per heavy atom. The molecule has 1 atom stereocenters. The summed E-state index contributed by atoms with van der Waals surface area (Å²) in [6.07, 6.45) is 8.71.